The van der Waals surface area contributed by atoms with Gasteiger partial charge in [-0.25, -0.2) is 0 Å². The Morgan fingerprint density at radius 1 is 1.10 bits per heavy atom. The highest BCUT2D eigenvalue weighted by Crippen LogP contribution is 2.29. The first-order chi connectivity index (χ1) is 9.66. The predicted molar refractivity (Wildman–Crippen MR) is 82.6 cm³/mol. The number of allylic oxidation sites excluding steroid dienone is 1. The molecule has 20 heavy (non-hydrogen) atoms. The molecular weight excluding hydrogens is 248 g/mol. The van der Waals surface area contributed by atoms with E-state index >= 15 is 0 Å². The lowest BCUT2D eigenvalue weighted by molar-refractivity contribution is 0.251. The van der Waals surface area contributed by atoms with Crippen LogP contribution in [0.1, 0.15) is 19.4 Å². The minimum absolute atomic E-state index is 0.310. The maximum atomic E-state index is 9.99. The standard InChI is InChI=1S/C18H20O2/c1-14(2)13-20-11-10-15-8-9-18(19)17(12-15)16-6-4-3-5-7-16/h3-9,12-13,19H,10-11H2,1-2H3. The zero-order chi connectivity index (χ0) is 14.4. The number of phenolic OH excluding ortho intramolecular Hbond substituents is 1. The van der Waals surface area contributed by atoms with E-state index < -0.39 is 0 Å². The summed E-state index contributed by atoms with van der Waals surface area (Å²) in [6.45, 7) is 4.66. The molecule has 0 amide bonds. The van der Waals surface area contributed by atoms with Crippen molar-refractivity contribution in [1.29, 1.82) is 0 Å². The van der Waals surface area contributed by atoms with Gasteiger partial charge >= 0.3 is 0 Å². The zero-order valence-electron chi connectivity index (χ0n) is 12.0. The number of benzene rings is 2. The molecule has 2 nitrogen and oxygen atoms in total. The smallest absolute Gasteiger partial charge is 0.123 e. The van der Waals surface area contributed by atoms with Crippen LogP contribution in [-0.2, 0) is 11.2 Å². The van der Waals surface area contributed by atoms with Crippen molar-refractivity contribution in [2.24, 2.45) is 0 Å². The van der Waals surface area contributed by atoms with Crippen molar-refractivity contribution in [3.05, 3.63) is 65.9 Å². The summed E-state index contributed by atoms with van der Waals surface area (Å²) >= 11 is 0. The molecule has 2 aromatic carbocycles. The van der Waals surface area contributed by atoms with Crippen molar-refractivity contribution in [3.8, 4) is 16.9 Å². The van der Waals surface area contributed by atoms with Gasteiger partial charge in [-0.3, -0.25) is 0 Å². The normalized spacial score (nSPS) is 10.1. The van der Waals surface area contributed by atoms with Crippen molar-refractivity contribution in [2.45, 2.75) is 20.3 Å². The van der Waals surface area contributed by atoms with Gasteiger partial charge < -0.3 is 9.84 Å². The molecule has 2 aromatic rings. The highest BCUT2D eigenvalue weighted by molar-refractivity contribution is 5.70. The summed E-state index contributed by atoms with van der Waals surface area (Å²) in [4.78, 5) is 0. The first-order valence-electron chi connectivity index (χ1n) is 6.79. The minimum Gasteiger partial charge on any atom is -0.507 e. The number of phenols is 1. The molecule has 0 spiro atoms. The van der Waals surface area contributed by atoms with Crippen LogP contribution in [-0.4, -0.2) is 11.7 Å². The van der Waals surface area contributed by atoms with Gasteiger partial charge in [0.25, 0.3) is 0 Å². The van der Waals surface area contributed by atoms with Gasteiger partial charge in [0.2, 0.25) is 0 Å². The molecule has 2 heteroatoms. The Labute approximate surface area is 120 Å². The fraction of sp³-hybridized carbons (Fsp3) is 0.222. The number of hydrogen-bond acceptors (Lipinski definition) is 2. The van der Waals surface area contributed by atoms with Crippen LogP contribution in [0.4, 0.5) is 0 Å². The Balaban J connectivity index is 2.11. The molecule has 0 atom stereocenters. The molecule has 0 saturated heterocycles. The van der Waals surface area contributed by atoms with Gasteiger partial charge in [-0.05, 0) is 42.7 Å². The molecule has 0 unspecified atom stereocenters. The molecule has 0 heterocycles. The van der Waals surface area contributed by atoms with Crippen LogP contribution in [0.15, 0.2) is 60.4 Å². The Bertz CT molecular complexity index is 582. The average molecular weight is 268 g/mol. The third-order valence-corrected chi connectivity index (χ3v) is 2.97. The average Bonchev–Trinajstić information content (AvgIpc) is 2.46. The van der Waals surface area contributed by atoms with E-state index in [0.717, 1.165) is 28.7 Å². The van der Waals surface area contributed by atoms with Gasteiger partial charge in [-0.15, -0.1) is 0 Å². The Hall–Kier alpha value is -2.22. The maximum Gasteiger partial charge on any atom is 0.123 e. The van der Waals surface area contributed by atoms with Crippen LogP contribution < -0.4 is 0 Å². The minimum atomic E-state index is 0.310. The fourth-order valence-corrected chi connectivity index (χ4v) is 1.99. The van der Waals surface area contributed by atoms with E-state index in [1.807, 2.05) is 56.3 Å². The summed E-state index contributed by atoms with van der Waals surface area (Å²) in [5, 5.41) is 9.99. The second-order valence-electron chi connectivity index (χ2n) is 5.03. The number of hydrogen-bond donors (Lipinski definition) is 1. The van der Waals surface area contributed by atoms with Crippen LogP contribution in [0, 0.1) is 0 Å². The van der Waals surface area contributed by atoms with Crippen molar-refractivity contribution < 1.29 is 9.84 Å². The number of ether oxygens (including phenoxy) is 1. The van der Waals surface area contributed by atoms with Gasteiger partial charge in [0.1, 0.15) is 5.75 Å². The molecule has 0 bridgehead atoms. The molecule has 0 aliphatic rings. The Morgan fingerprint density at radius 3 is 2.55 bits per heavy atom. The van der Waals surface area contributed by atoms with Crippen molar-refractivity contribution >= 4 is 0 Å². The van der Waals surface area contributed by atoms with Crippen molar-refractivity contribution in [1.82, 2.24) is 0 Å². The molecule has 0 fully saturated rings. The lowest BCUT2D eigenvalue weighted by Crippen LogP contribution is -1.95. The van der Waals surface area contributed by atoms with E-state index in [2.05, 4.69) is 0 Å². The van der Waals surface area contributed by atoms with E-state index in [4.69, 9.17) is 4.74 Å². The van der Waals surface area contributed by atoms with Crippen LogP contribution in [0.3, 0.4) is 0 Å². The van der Waals surface area contributed by atoms with Crippen LogP contribution in [0.5, 0.6) is 5.75 Å². The Kier molecular flexibility index (Phi) is 4.83. The van der Waals surface area contributed by atoms with Crippen molar-refractivity contribution in [3.63, 3.8) is 0 Å². The number of rotatable bonds is 5. The molecule has 0 radical (unpaired) electrons. The largest absolute Gasteiger partial charge is 0.507 e. The topological polar surface area (TPSA) is 29.5 Å². The molecule has 104 valence electrons. The van der Waals surface area contributed by atoms with E-state index in [-0.39, 0.29) is 0 Å². The third kappa shape index (κ3) is 3.89. The van der Waals surface area contributed by atoms with Crippen LogP contribution in [0.25, 0.3) is 11.1 Å². The van der Waals surface area contributed by atoms with E-state index in [0.29, 0.717) is 12.4 Å². The molecule has 0 aromatic heterocycles. The summed E-state index contributed by atoms with van der Waals surface area (Å²) in [6, 6.07) is 15.6. The first-order valence-corrected chi connectivity index (χ1v) is 6.79. The fourth-order valence-electron chi connectivity index (χ4n) is 1.99. The number of aromatic hydroxyl groups is 1. The predicted octanol–water partition coefficient (Wildman–Crippen LogP) is 4.54. The van der Waals surface area contributed by atoms with E-state index in [9.17, 15) is 5.11 Å². The summed E-state index contributed by atoms with van der Waals surface area (Å²) in [6.07, 6.45) is 2.60. The van der Waals surface area contributed by atoms with Crippen LogP contribution in [0.2, 0.25) is 0 Å². The molecule has 2 rings (SSSR count). The first kappa shape index (κ1) is 14.2. The van der Waals surface area contributed by atoms with Gasteiger partial charge in [0.05, 0.1) is 12.9 Å². The molecular formula is C18H20O2. The maximum absolute atomic E-state index is 9.99. The van der Waals surface area contributed by atoms with E-state index in [1.54, 1.807) is 12.3 Å². The lowest BCUT2D eigenvalue weighted by atomic mass is 10.0. The molecule has 1 N–H and O–H groups in total. The quantitative estimate of drug-likeness (QED) is 0.637. The second kappa shape index (κ2) is 6.80. The van der Waals surface area contributed by atoms with Gasteiger partial charge in [-0.2, -0.15) is 0 Å². The van der Waals surface area contributed by atoms with Gasteiger partial charge in [0, 0.05) is 12.0 Å². The van der Waals surface area contributed by atoms with Crippen LogP contribution >= 0.6 is 0 Å². The summed E-state index contributed by atoms with van der Waals surface area (Å²) in [7, 11) is 0. The van der Waals surface area contributed by atoms with Gasteiger partial charge in [-0.1, -0.05) is 36.4 Å². The highest BCUT2D eigenvalue weighted by Gasteiger charge is 2.05. The monoisotopic (exact) mass is 268 g/mol. The summed E-state index contributed by atoms with van der Waals surface area (Å²) < 4.78 is 5.45. The van der Waals surface area contributed by atoms with E-state index in [1.165, 1.54) is 0 Å². The Morgan fingerprint density at radius 2 is 1.85 bits per heavy atom. The zero-order valence-corrected chi connectivity index (χ0v) is 12.0. The highest BCUT2D eigenvalue weighted by atomic mass is 16.5. The third-order valence-electron chi connectivity index (χ3n) is 2.97. The SMILES string of the molecule is CC(C)=COCCc1ccc(O)c(-c2ccccc2)c1. The van der Waals surface area contributed by atoms with Crippen molar-refractivity contribution in [2.75, 3.05) is 6.61 Å². The van der Waals surface area contributed by atoms with Gasteiger partial charge in [0.15, 0.2) is 0 Å². The second-order valence-corrected chi connectivity index (χ2v) is 5.03. The lowest BCUT2D eigenvalue weighted by Gasteiger charge is -2.08. The molecule has 0 aliphatic carbocycles. The molecule has 0 saturated carbocycles. The summed E-state index contributed by atoms with van der Waals surface area (Å²) in [5.41, 5.74) is 4.20. The summed E-state index contributed by atoms with van der Waals surface area (Å²) in [5.74, 6) is 0.310. The molecule has 0 aliphatic heterocycles.